The first-order valence-electron chi connectivity index (χ1n) is 4.89. The molecule has 5 heteroatoms. The van der Waals surface area contributed by atoms with E-state index in [0.717, 1.165) is 0 Å². The van der Waals surface area contributed by atoms with Gasteiger partial charge in [-0.2, -0.15) is 0 Å². The lowest BCUT2D eigenvalue weighted by Crippen LogP contribution is -2.35. The molecule has 4 nitrogen and oxygen atoms in total. The molecule has 0 atom stereocenters. The van der Waals surface area contributed by atoms with E-state index in [0.29, 0.717) is 19.3 Å². The first kappa shape index (κ1) is 11.5. The van der Waals surface area contributed by atoms with Gasteiger partial charge < -0.3 is 4.74 Å². The molecule has 0 aliphatic heterocycles. The molecule has 1 aliphatic rings. The van der Waals surface area contributed by atoms with Gasteiger partial charge in [-0.25, -0.2) is 8.42 Å². The topological polar surface area (TPSA) is 60.4 Å². The van der Waals surface area contributed by atoms with E-state index in [1.54, 1.807) is 13.8 Å². The van der Waals surface area contributed by atoms with Crippen molar-refractivity contribution in [2.45, 2.75) is 37.9 Å². The first-order valence-corrected chi connectivity index (χ1v) is 6.55. The van der Waals surface area contributed by atoms with E-state index in [4.69, 9.17) is 4.74 Å². The predicted molar refractivity (Wildman–Crippen MR) is 52.7 cm³/mol. The molecule has 0 amide bonds. The van der Waals surface area contributed by atoms with Gasteiger partial charge in [0.2, 0.25) is 0 Å². The molecule has 0 aromatic carbocycles. The highest BCUT2D eigenvalue weighted by Gasteiger charge is 2.61. The molecule has 0 bridgehead atoms. The monoisotopic (exact) mass is 220 g/mol. The van der Waals surface area contributed by atoms with Crippen LogP contribution in [0.3, 0.4) is 0 Å². The van der Waals surface area contributed by atoms with Gasteiger partial charge in [-0.1, -0.05) is 6.92 Å². The molecule has 1 fully saturated rings. The highest BCUT2D eigenvalue weighted by Crippen LogP contribution is 2.45. The summed E-state index contributed by atoms with van der Waals surface area (Å²) in [5.41, 5.74) is 0. The lowest BCUT2D eigenvalue weighted by atomic mass is 10.4. The lowest BCUT2D eigenvalue weighted by Gasteiger charge is -2.13. The number of sulfone groups is 1. The Balaban J connectivity index is 2.80. The van der Waals surface area contributed by atoms with E-state index in [2.05, 4.69) is 0 Å². The second-order valence-electron chi connectivity index (χ2n) is 3.53. The molecule has 82 valence electrons. The minimum absolute atomic E-state index is 0.0752. The summed E-state index contributed by atoms with van der Waals surface area (Å²) in [6, 6.07) is 0. The van der Waals surface area contributed by atoms with Crippen LogP contribution in [0.15, 0.2) is 0 Å². The minimum Gasteiger partial charge on any atom is -0.465 e. The van der Waals surface area contributed by atoms with Crippen molar-refractivity contribution in [1.82, 2.24) is 0 Å². The number of ether oxygens (including phenoxy) is 1. The molecule has 0 spiro atoms. The maximum absolute atomic E-state index is 11.7. The van der Waals surface area contributed by atoms with Gasteiger partial charge in [0.25, 0.3) is 0 Å². The fraction of sp³-hybridized carbons (Fsp3) is 0.889. The molecule has 0 saturated heterocycles. The lowest BCUT2D eigenvalue weighted by molar-refractivity contribution is -0.143. The third-order valence-electron chi connectivity index (χ3n) is 2.42. The van der Waals surface area contributed by atoms with E-state index < -0.39 is 20.6 Å². The van der Waals surface area contributed by atoms with Crippen molar-refractivity contribution in [3.63, 3.8) is 0 Å². The Kier molecular flexibility index (Phi) is 3.19. The van der Waals surface area contributed by atoms with Gasteiger partial charge in [-0.3, -0.25) is 4.79 Å². The normalized spacial score (nSPS) is 19.0. The SMILES string of the molecule is CCCS(=O)(=O)C1(C(=O)OCC)CC1. The average molecular weight is 220 g/mol. The summed E-state index contributed by atoms with van der Waals surface area (Å²) in [5.74, 6) is -0.486. The molecule has 0 aromatic heterocycles. The second-order valence-corrected chi connectivity index (χ2v) is 5.95. The van der Waals surface area contributed by atoms with Crippen LogP contribution in [0.1, 0.15) is 33.1 Å². The molecule has 14 heavy (non-hydrogen) atoms. The molecular weight excluding hydrogens is 204 g/mol. The number of hydrogen-bond acceptors (Lipinski definition) is 4. The molecule has 0 unspecified atom stereocenters. The molecule has 0 heterocycles. The Morgan fingerprint density at radius 1 is 1.36 bits per heavy atom. The smallest absolute Gasteiger partial charge is 0.327 e. The largest absolute Gasteiger partial charge is 0.465 e. The molecule has 0 radical (unpaired) electrons. The van der Waals surface area contributed by atoms with Crippen molar-refractivity contribution < 1.29 is 17.9 Å². The number of carbonyl (C=O) groups excluding carboxylic acids is 1. The van der Waals surface area contributed by atoms with E-state index in [9.17, 15) is 13.2 Å². The van der Waals surface area contributed by atoms with Crippen LogP contribution < -0.4 is 0 Å². The van der Waals surface area contributed by atoms with Crippen molar-refractivity contribution in [2.75, 3.05) is 12.4 Å². The van der Waals surface area contributed by atoms with Crippen molar-refractivity contribution in [1.29, 1.82) is 0 Å². The van der Waals surface area contributed by atoms with Crippen LogP contribution in [-0.4, -0.2) is 31.5 Å². The Morgan fingerprint density at radius 2 is 1.93 bits per heavy atom. The molecule has 0 N–H and O–H groups in total. The van der Waals surface area contributed by atoms with Crippen LogP contribution in [0, 0.1) is 0 Å². The van der Waals surface area contributed by atoms with E-state index in [1.165, 1.54) is 0 Å². The highest BCUT2D eigenvalue weighted by atomic mass is 32.2. The number of hydrogen-bond donors (Lipinski definition) is 0. The quantitative estimate of drug-likeness (QED) is 0.646. The zero-order chi connectivity index (χ0) is 10.8. The minimum atomic E-state index is -3.29. The number of rotatable bonds is 5. The number of esters is 1. The van der Waals surface area contributed by atoms with Crippen molar-refractivity contribution >= 4 is 15.8 Å². The maximum atomic E-state index is 11.7. The summed E-state index contributed by atoms with van der Waals surface area (Å²) in [6.45, 7) is 3.71. The van der Waals surface area contributed by atoms with Gasteiger partial charge in [-0.05, 0) is 26.2 Å². The van der Waals surface area contributed by atoms with Gasteiger partial charge in [0.05, 0.1) is 12.4 Å². The summed E-state index contributed by atoms with van der Waals surface area (Å²) in [7, 11) is -3.29. The fourth-order valence-corrected chi connectivity index (χ4v) is 3.45. The van der Waals surface area contributed by atoms with E-state index >= 15 is 0 Å². The molecule has 1 aliphatic carbocycles. The van der Waals surface area contributed by atoms with Gasteiger partial charge >= 0.3 is 5.97 Å². The molecule has 0 aromatic rings. The molecular formula is C9H16O4S. The van der Waals surface area contributed by atoms with Crippen molar-refractivity contribution in [2.24, 2.45) is 0 Å². The Hall–Kier alpha value is -0.580. The van der Waals surface area contributed by atoms with Crippen LogP contribution in [0.25, 0.3) is 0 Å². The van der Waals surface area contributed by atoms with Crippen LogP contribution in [-0.2, 0) is 19.4 Å². The Bertz CT molecular complexity index is 314. The fourth-order valence-electron chi connectivity index (χ4n) is 1.48. The van der Waals surface area contributed by atoms with Gasteiger partial charge in [0, 0.05) is 0 Å². The number of carbonyl (C=O) groups is 1. The summed E-state index contributed by atoms with van der Waals surface area (Å²) >= 11 is 0. The summed E-state index contributed by atoms with van der Waals surface area (Å²) < 4.78 is 27.1. The molecule has 1 saturated carbocycles. The van der Waals surface area contributed by atoms with E-state index in [-0.39, 0.29) is 12.4 Å². The zero-order valence-electron chi connectivity index (χ0n) is 8.58. The first-order chi connectivity index (χ1) is 6.50. The van der Waals surface area contributed by atoms with Crippen LogP contribution >= 0.6 is 0 Å². The standard InChI is InChI=1S/C9H16O4S/c1-3-7-14(11,12)9(5-6-9)8(10)13-4-2/h3-7H2,1-2H3. The van der Waals surface area contributed by atoms with Crippen LogP contribution in [0.5, 0.6) is 0 Å². The third-order valence-corrected chi connectivity index (χ3v) is 5.13. The Morgan fingerprint density at radius 3 is 2.29 bits per heavy atom. The second kappa shape index (κ2) is 3.88. The van der Waals surface area contributed by atoms with Gasteiger partial charge in [0.15, 0.2) is 14.6 Å². The van der Waals surface area contributed by atoms with Crippen LogP contribution in [0.4, 0.5) is 0 Å². The molecule has 1 rings (SSSR count). The van der Waals surface area contributed by atoms with Crippen molar-refractivity contribution in [3.8, 4) is 0 Å². The third kappa shape index (κ3) is 1.78. The maximum Gasteiger partial charge on any atom is 0.327 e. The summed E-state index contributed by atoms with van der Waals surface area (Å²) in [4.78, 5) is 11.4. The van der Waals surface area contributed by atoms with Crippen molar-refractivity contribution in [3.05, 3.63) is 0 Å². The summed E-state index contributed by atoms with van der Waals surface area (Å²) in [5, 5.41) is 0. The summed E-state index contributed by atoms with van der Waals surface area (Å²) in [6.07, 6.45) is 1.39. The van der Waals surface area contributed by atoms with E-state index in [1.807, 2.05) is 0 Å². The highest BCUT2D eigenvalue weighted by molar-refractivity contribution is 7.93. The average Bonchev–Trinajstić information content (AvgIpc) is 2.84. The Labute approximate surface area is 84.6 Å². The van der Waals surface area contributed by atoms with Crippen LogP contribution in [0.2, 0.25) is 0 Å². The zero-order valence-corrected chi connectivity index (χ0v) is 9.39. The predicted octanol–water partition coefficient (Wildman–Crippen LogP) is 0.907. The van der Waals surface area contributed by atoms with Gasteiger partial charge in [-0.15, -0.1) is 0 Å². The van der Waals surface area contributed by atoms with Gasteiger partial charge in [0.1, 0.15) is 0 Å².